The normalized spacial score (nSPS) is 14.2. The first-order valence-electron chi connectivity index (χ1n) is 11.8. The molecule has 1 amide bonds. The SMILES string of the molecule is COc1nc(Nc2ncnc3cc(OCCN4CCN(C(C)=O)CC4)cc(OC(C)C)c23)c(Cl)nc1Cl. The van der Waals surface area contributed by atoms with Gasteiger partial charge in [0.2, 0.25) is 5.91 Å². The van der Waals surface area contributed by atoms with Crippen LogP contribution in [-0.2, 0) is 4.79 Å². The summed E-state index contributed by atoms with van der Waals surface area (Å²) in [4.78, 5) is 32.8. The Morgan fingerprint density at radius 2 is 1.84 bits per heavy atom. The maximum absolute atomic E-state index is 11.5. The van der Waals surface area contributed by atoms with Gasteiger partial charge in [0.05, 0.1) is 24.1 Å². The maximum Gasteiger partial charge on any atom is 0.253 e. The highest BCUT2D eigenvalue weighted by molar-refractivity contribution is 6.34. The van der Waals surface area contributed by atoms with Crippen LogP contribution in [0.3, 0.4) is 0 Å². The van der Waals surface area contributed by atoms with E-state index in [0.29, 0.717) is 34.8 Å². The Balaban J connectivity index is 1.55. The van der Waals surface area contributed by atoms with Crippen LogP contribution in [0, 0.1) is 0 Å². The molecule has 37 heavy (non-hydrogen) atoms. The summed E-state index contributed by atoms with van der Waals surface area (Å²) < 4.78 is 17.3. The van der Waals surface area contributed by atoms with Crippen molar-refractivity contribution in [1.29, 1.82) is 0 Å². The standard InChI is InChI=1S/C24H29Cl2N7O4/c1-14(2)37-18-12-16(36-10-9-32-5-7-33(8-6-32)15(3)34)11-17-19(18)22(28-13-27-17)30-23-20(25)29-21(26)24(31-23)35-4/h11-14H,5-10H2,1-4H3,(H,27,28,30,31). The fourth-order valence-electron chi connectivity index (χ4n) is 3.94. The fraction of sp³-hybridized carbons (Fsp3) is 0.458. The van der Waals surface area contributed by atoms with Crippen LogP contribution in [-0.4, -0.2) is 88.2 Å². The molecule has 0 unspecified atom stereocenters. The molecule has 3 aromatic rings. The minimum atomic E-state index is -0.108. The van der Waals surface area contributed by atoms with Crippen molar-refractivity contribution in [3.63, 3.8) is 0 Å². The molecule has 0 saturated carbocycles. The number of methoxy groups -OCH3 is 1. The number of rotatable bonds is 9. The smallest absolute Gasteiger partial charge is 0.253 e. The summed E-state index contributed by atoms with van der Waals surface area (Å²) in [5, 5.41) is 3.85. The molecule has 0 bridgehead atoms. The topological polar surface area (TPSA) is 115 Å². The largest absolute Gasteiger partial charge is 0.492 e. The van der Waals surface area contributed by atoms with Crippen LogP contribution in [0.25, 0.3) is 10.9 Å². The fourth-order valence-corrected chi connectivity index (χ4v) is 4.36. The van der Waals surface area contributed by atoms with E-state index >= 15 is 0 Å². The summed E-state index contributed by atoms with van der Waals surface area (Å²) >= 11 is 12.3. The van der Waals surface area contributed by atoms with Gasteiger partial charge in [-0.1, -0.05) is 23.2 Å². The number of nitrogens with one attached hydrogen (secondary N) is 1. The molecular formula is C24H29Cl2N7O4. The van der Waals surface area contributed by atoms with E-state index in [1.165, 1.54) is 13.4 Å². The highest BCUT2D eigenvalue weighted by Crippen LogP contribution is 2.37. The van der Waals surface area contributed by atoms with Crippen molar-refractivity contribution in [3.8, 4) is 17.4 Å². The summed E-state index contributed by atoms with van der Waals surface area (Å²) in [6.45, 7) is 9.82. The lowest BCUT2D eigenvalue weighted by Crippen LogP contribution is -2.48. The Morgan fingerprint density at radius 3 is 2.51 bits per heavy atom. The predicted molar refractivity (Wildman–Crippen MR) is 141 cm³/mol. The van der Waals surface area contributed by atoms with E-state index < -0.39 is 0 Å². The number of ether oxygens (including phenoxy) is 3. The second-order valence-electron chi connectivity index (χ2n) is 8.69. The molecule has 11 nitrogen and oxygen atoms in total. The number of carbonyl (C=O) groups excluding carboxylic acids is 1. The van der Waals surface area contributed by atoms with E-state index in [1.54, 1.807) is 6.92 Å². The first-order valence-corrected chi connectivity index (χ1v) is 12.6. The summed E-state index contributed by atoms with van der Waals surface area (Å²) in [5.74, 6) is 2.07. The van der Waals surface area contributed by atoms with Crippen LogP contribution in [0.5, 0.6) is 17.4 Å². The number of piperazine rings is 1. The molecule has 1 aliphatic rings. The van der Waals surface area contributed by atoms with E-state index in [1.807, 2.05) is 30.9 Å². The van der Waals surface area contributed by atoms with Crippen molar-refractivity contribution in [2.45, 2.75) is 26.9 Å². The Bertz CT molecular complexity index is 1270. The number of carbonyl (C=O) groups is 1. The molecule has 2 aromatic heterocycles. The Kier molecular flexibility index (Phi) is 8.67. The van der Waals surface area contributed by atoms with Crippen molar-refractivity contribution in [2.24, 2.45) is 0 Å². The van der Waals surface area contributed by atoms with Gasteiger partial charge < -0.3 is 24.4 Å². The van der Waals surface area contributed by atoms with Gasteiger partial charge in [-0.25, -0.2) is 15.0 Å². The Hall–Kier alpha value is -3.15. The Labute approximate surface area is 225 Å². The number of halogens is 2. The third-order valence-electron chi connectivity index (χ3n) is 5.74. The van der Waals surface area contributed by atoms with Gasteiger partial charge in [0.25, 0.3) is 5.88 Å². The molecule has 1 N–H and O–H groups in total. The number of hydrogen-bond donors (Lipinski definition) is 1. The van der Waals surface area contributed by atoms with Gasteiger partial charge in [-0.2, -0.15) is 4.98 Å². The zero-order valence-electron chi connectivity index (χ0n) is 21.1. The second-order valence-corrected chi connectivity index (χ2v) is 9.40. The van der Waals surface area contributed by atoms with E-state index in [-0.39, 0.29) is 34.0 Å². The van der Waals surface area contributed by atoms with Crippen molar-refractivity contribution >= 4 is 51.6 Å². The van der Waals surface area contributed by atoms with E-state index in [2.05, 4.69) is 30.2 Å². The third-order valence-corrected chi connectivity index (χ3v) is 6.25. The second kappa shape index (κ2) is 11.9. The monoisotopic (exact) mass is 549 g/mol. The number of anilines is 2. The molecule has 1 aliphatic heterocycles. The summed E-state index contributed by atoms with van der Waals surface area (Å²) in [5.41, 5.74) is 0.616. The molecule has 0 spiro atoms. The number of nitrogens with zero attached hydrogens (tertiary/aromatic N) is 6. The minimum absolute atomic E-state index is 0.0527. The van der Waals surface area contributed by atoms with Crippen LogP contribution >= 0.6 is 23.2 Å². The molecule has 1 saturated heterocycles. The molecule has 1 fully saturated rings. The lowest BCUT2D eigenvalue weighted by molar-refractivity contribution is -0.130. The molecular weight excluding hydrogens is 521 g/mol. The van der Waals surface area contributed by atoms with Gasteiger partial charge in [-0.05, 0) is 13.8 Å². The summed E-state index contributed by atoms with van der Waals surface area (Å²) in [7, 11) is 1.44. The average Bonchev–Trinajstić information content (AvgIpc) is 2.85. The molecule has 0 atom stereocenters. The Morgan fingerprint density at radius 1 is 1.08 bits per heavy atom. The lowest BCUT2D eigenvalue weighted by Gasteiger charge is -2.34. The molecule has 198 valence electrons. The highest BCUT2D eigenvalue weighted by atomic mass is 35.5. The van der Waals surface area contributed by atoms with Gasteiger partial charge in [-0.15, -0.1) is 0 Å². The highest BCUT2D eigenvalue weighted by Gasteiger charge is 2.20. The van der Waals surface area contributed by atoms with E-state index in [0.717, 1.165) is 32.7 Å². The van der Waals surface area contributed by atoms with Gasteiger partial charge >= 0.3 is 0 Å². The van der Waals surface area contributed by atoms with Gasteiger partial charge in [0, 0.05) is 51.8 Å². The summed E-state index contributed by atoms with van der Waals surface area (Å²) in [6.07, 6.45) is 1.32. The van der Waals surface area contributed by atoms with Crippen molar-refractivity contribution in [2.75, 3.05) is 51.8 Å². The van der Waals surface area contributed by atoms with Crippen molar-refractivity contribution < 1.29 is 19.0 Å². The third kappa shape index (κ3) is 6.60. The van der Waals surface area contributed by atoms with Gasteiger partial charge in [-0.3, -0.25) is 9.69 Å². The number of benzene rings is 1. The predicted octanol–water partition coefficient (Wildman–Crippen LogP) is 3.81. The molecule has 0 aliphatic carbocycles. The average molecular weight is 550 g/mol. The molecule has 13 heteroatoms. The van der Waals surface area contributed by atoms with E-state index in [9.17, 15) is 4.79 Å². The molecule has 1 aromatic carbocycles. The summed E-state index contributed by atoms with van der Waals surface area (Å²) in [6, 6.07) is 3.65. The van der Waals surface area contributed by atoms with Crippen LogP contribution in [0.1, 0.15) is 20.8 Å². The van der Waals surface area contributed by atoms with Crippen LogP contribution < -0.4 is 19.5 Å². The van der Waals surface area contributed by atoms with Gasteiger partial charge in [0.1, 0.15) is 30.3 Å². The van der Waals surface area contributed by atoms with Crippen molar-refractivity contribution in [3.05, 3.63) is 28.8 Å². The zero-order chi connectivity index (χ0) is 26.5. The number of hydrogen-bond acceptors (Lipinski definition) is 10. The van der Waals surface area contributed by atoms with Crippen molar-refractivity contribution in [1.82, 2.24) is 29.7 Å². The number of aromatic nitrogens is 4. The maximum atomic E-state index is 11.5. The lowest BCUT2D eigenvalue weighted by atomic mass is 10.2. The van der Waals surface area contributed by atoms with Crippen LogP contribution in [0.15, 0.2) is 18.5 Å². The number of amides is 1. The van der Waals surface area contributed by atoms with Gasteiger partial charge in [0.15, 0.2) is 16.1 Å². The molecule has 4 rings (SSSR count). The zero-order valence-corrected chi connectivity index (χ0v) is 22.6. The minimum Gasteiger partial charge on any atom is -0.492 e. The van der Waals surface area contributed by atoms with Crippen LogP contribution in [0.4, 0.5) is 11.6 Å². The number of fused-ring (bicyclic) bond motifs is 1. The van der Waals surface area contributed by atoms with Crippen LogP contribution in [0.2, 0.25) is 10.3 Å². The quantitative estimate of drug-likeness (QED) is 0.422. The van der Waals surface area contributed by atoms with E-state index in [4.69, 9.17) is 37.4 Å². The molecule has 3 heterocycles. The first-order chi connectivity index (χ1) is 17.7. The first kappa shape index (κ1) is 26.9. The molecule has 0 radical (unpaired) electrons.